The van der Waals surface area contributed by atoms with Crippen molar-refractivity contribution in [3.63, 3.8) is 0 Å². The van der Waals surface area contributed by atoms with E-state index >= 15 is 0 Å². The van der Waals surface area contributed by atoms with E-state index in [0.29, 0.717) is 29.1 Å². The van der Waals surface area contributed by atoms with E-state index in [9.17, 15) is 9.90 Å². The first-order valence-corrected chi connectivity index (χ1v) is 7.92. The molecule has 6 heteroatoms. The predicted octanol–water partition coefficient (Wildman–Crippen LogP) is 2.80. The van der Waals surface area contributed by atoms with Gasteiger partial charge in [-0.3, -0.25) is 4.90 Å². The molecule has 0 saturated carbocycles. The molecule has 0 fully saturated rings. The Balaban J connectivity index is 2.16. The summed E-state index contributed by atoms with van der Waals surface area (Å²) in [4.78, 5) is 22.7. The fraction of sp³-hybridized carbons (Fsp3) is 0.278. The van der Waals surface area contributed by atoms with E-state index in [1.165, 1.54) is 0 Å². The van der Waals surface area contributed by atoms with Gasteiger partial charge in [0, 0.05) is 24.3 Å². The van der Waals surface area contributed by atoms with Crippen LogP contribution in [-0.2, 0) is 6.54 Å². The van der Waals surface area contributed by atoms with Crippen molar-refractivity contribution >= 4 is 11.0 Å². The number of hydrogen-bond acceptors (Lipinski definition) is 6. The molecule has 0 unspecified atom stereocenters. The van der Waals surface area contributed by atoms with E-state index in [1.54, 1.807) is 36.7 Å². The molecule has 3 aromatic rings. The van der Waals surface area contributed by atoms with Crippen molar-refractivity contribution in [2.75, 3.05) is 13.1 Å². The molecule has 2 aromatic heterocycles. The molecule has 0 aliphatic carbocycles. The lowest BCUT2D eigenvalue weighted by molar-refractivity contribution is 0.290. The summed E-state index contributed by atoms with van der Waals surface area (Å²) in [6.07, 6.45) is 3.16. The van der Waals surface area contributed by atoms with Crippen LogP contribution in [0.25, 0.3) is 22.4 Å². The highest BCUT2D eigenvalue weighted by atomic mass is 16.4. The molecule has 3 rings (SSSR count). The molecule has 0 spiro atoms. The van der Waals surface area contributed by atoms with E-state index in [2.05, 4.69) is 14.9 Å². The molecule has 1 N–H and O–H groups in total. The molecule has 0 radical (unpaired) electrons. The highest BCUT2D eigenvalue weighted by molar-refractivity contribution is 5.85. The summed E-state index contributed by atoms with van der Waals surface area (Å²) in [7, 11) is 0. The van der Waals surface area contributed by atoms with Gasteiger partial charge in [0.15, 0.2) is 5.82 Å². The normalized spacial score (nSPS) is 11.3. The summed E-state index contributed by atoms with van der Waals surface area (Å²) < 4.78 is 5.53. The number of aromatic hydroxyl groups is 1. The van der Waals surface area contributed by atoms with Crippen LogP contribution in [0.15, 0.2) is 45.9 Å². The molecular weight excluding hydrogens is 306 g/mol. The van der Waals surface area contributed by atoms with Gasteiger partial charge in [0.2, 0.25) is 0 Å². The smallest absolute Gasteiger partial charge is 0.347 e. The van der Waals surface area contributed by atoms with Crippen LogP contribution in [0.3, 0.4) is 0 Å². The number of rotatable bonds is 5. The minimum atomic E-state index is -0.514. The molecule has 0 atom stereocenters. The van der Waals surface area contributed by atoms with Gasteiger partial charge in [-0.15, -0.1) is 0 Å². The quantitative estimate of drug-likeness (QED) is 0.727. The van der Waals surface area contributed by atoms with Gasteiger partial charge >= 0.3 is 5.63 Å². The van der Waals surface area contributed by atoms with E-state index < -0.39 is 5.63 Å². The summed E-state index contributed by atoms with van der Waals surface area (Å²) in [6, 6.07) is 6.75. The molecule has 1 aromatic carbocycles. The molecule has 0 aliphatic rings. The lowest BCUT2D eigenvalue weighted by Crippen LogP contribution is -2.22. The third-order valence-corrected chi connectivity index (χ3v) is 4.06. The second kappa shape index (κ2) is 6.80. The lowest BCUT2D eigenvalue weighted by atomic mass is 10.1. The van der Waals surface area contributed by atoms with Crippen LogP contribution in [0, 0.1) is 0 Å². The van der Waals surface area contributed by atoms with E-state index in [0.717, 1.165) is 18.5 Å². The molecular formula is C18H19N3O3. The summed E-state index contributed by atoms with van der Waals surface area (Å²) in [6.45, 7) is 6.29. The first-order valence-electron chi connectivity index (χ1n) is 7.92. The highest BCUT2D eigenvalue weighted by Crippen LogP contribution is 2.29. The fourth-order valence-corrected chi connectivity index (χ4v) is 2.65. The van der Waals surface area contributed by atoms with Gasteiger partial charge in [0.05, 0.1) is 5.56 Å². The third kappa shape index (κ3) is 3.00. The number of aromatic nitrogens is 2. The number of benzene rings is 1. The van der Waals surface area contributed by atoms with Crippen molar-refractivity contribution in [3.05, 3.63) is 52.6 Å². The van der Waals surface area contributed by atoms with Gasteiger partial charge in [-0.05, 0) is 37.4 Å². The largest absolute Gasteiger partial charge is 0.507 e. The minimum Gasteiger partial charge on any atom is -0.507 e. The standard InChI is InChI=1S/C18H19N3O3/c1-3-21(4-2)11-14-15(22)7-6-12-10-13(18(23)24-16(12)14)17-19-8-5-9-20-17/h5-10,22H,3-4,11H2,1-2H3. The van der Waals surface area contributed by atoms with Gasteiger partial charge in [0.1, 0.15) is 16.9 Å². The molecule has 0 saturated heterocycles. The zero-order chi connectivity index (χ0) is 17.1. The fourth-order valence-electron chi connectivity index (χ4n) is 2.65. The summed E-state index contributed by atoms with van der Waals surface area (Å²) in [5.74, 6) is 0.452. The van der Waals surface area contributed by atoms with Gasteiger partial charge in [0.25, 0.3) is 0 Å². The zero-order valence-corrected chi connectivity index (χ0v) is 13.7. The van der Waals surface area contributed by atoms with E-state index in [1.807, 2.05) is 13.8 Å². The molecule has 124 valence electrons. The molecule has 2 heterocycles. The van der Waals surface area contributed by atoms with Gasteiger partial charge in [-0.25, -0.2) is 14.8 Å². The van der Waals surface area contributed by atoms with Crippen molar-refractivity contribution in [1.82, 2.24) is 14.9 Å². The Morgan fingerprint density at radius 3 is 2.54 bits per heavy atom. The van der Waals surface area contributed by atoms with E-state index in [-0.39, 0.29) is 5.75 Å². The van der Waals surface area contributed by atoms with Crippen molar-refractivity contribution in [3.8, 4) is 17.1 Å². The third-order valence-electron chi connectivity index (χ3n) is 4.06. The number of phenolic OH excluding ortho intramolecular Hbond substituents is 1. The van der Waals surface area contributed by atoms with Crippen molar-refractivity contribution in [1.29, 1.82) is 0 Å². The van der Waals surface area contributed by atoms with Crippen molar-refractivity contribution in [2.24, 2.45) is 0 Å². The Bertz CT molecular complexity index is 903. The maximum Gasteiger partial charge on any atom is 0.347 e. The Hall–Kier alpha value is -2.73. The van der Waals surface area contributed by atoms with Crippen LogP contribution in [0.1, 0.15) is 19.4 Å². The number of nitrogens with zero attached hydrogens (tertiary/aromatic N) is 3. The number of phenols is 1. The molecule has 0 aliphatic heterocycles. The number of hydrogen-bond donors (Lipinski definition) is 1. The Morgan fingerprint density at radius 1 is 1.17 bits per heavy atom. The van der Waals surface area contributed by atoms with Crippen molar-refractivity contribution in [2.45, 2.75) is 20.4 Å². The first kappa shape index (κ1) is 16.1. The summed E-state index contributed by atoms with van der Waals surface area (Å²) >= 11 is 0. The van der Waals surface area contributed by atoms with Crippen LogP contribution in [0.5, 0.6) is 5.75 Å². The van der Waals surface area contributed by atoms with Crippen LogP contribution in [-0.4, -0.2) is 33.1 Å². The molecule has 0 amide bonds. The Labute approximate surface area is 139 Å². The maximum absolute atomic E-state index is 12.4. The number of fused-ring (bicyclic) bond motifs is 1. The molecule has 0 bridgehead atoms. The Kier molecular flexibility index (Phi) is 4.57. The average molecular weight is 325 g/mol. The minimum absolute atomic E-state index is 0.126. The maximum atomic E-state index is 12.4. The van der Waals surface area contributed by atoms with E-state index in [4.69, 9.17) is 4.42 Å². The molecule has 24 heavy (non-hydrogen) atoms. The average Bonchev–Trinajstić information content (AvgIpc) is 2.61. The highest BCUT2D eigenvalue weighted by Gasteiger charge is 2.16. The Morgan fingerprint density at radius 2 is 1.88 bits per heavy atom. The van der Waals surface area contributed by atoms with Crippen LogP contribution < -0.4 is 5.63 Å². The van der Waals surface area contributed by atoms with Gasteiger partial charge in [-0.2, -0.15) is 0 Å². The first-order chi connectivity index (χ1) is 11.6. The lowest BCUT2D eigenvalue weighted by Gasteiger charge is -2.19. The monoisotopic (exact) mass is 325 g/mol. The predicted molar refractivity (Wildman–Crippen MR) is 91.8 cm³/mol. The van der Waals surface area contributed by atoms with Crippen LogP contribution in [0.2, 0.25) is 0 Å². The zero-order valence-electron chi connectivity index (χ0n) is 13.7. The van der Waals surface area contributed by atoms with Crippen molar-refractivity contribution < 1.29 is 9.52 Å². The topological polar surface area (TPSA) is 79.5 Å². The van der Waals surface area contributed by atoms with Crippen LogP contribution >= 0.6 is 0 Å². The summed E-state index contributed by atoms with van der Waals surface area (Å²) in [5.41, 5.74) is 0.822. The van der Waals surface area contributed by atoms with Crippen LogP contribution in [0.4, 0.5) is 0 Å². The summed E-state index contributed by atoms with van der Waals surface area (Å²) in [5, 5.41) is 10.9. The van der Waals surface area contributed by atoms with Gasteiger partial charge in [-0.1, -0.05) is 13.8 Å². The second-order valence-electron chi connectivity index (χ2n) is 5.46. The molecule has 6 nitrogen and oxygen atoms in total. The van der Waals surface area contributed by atoms with Gasteiger partial charge < -0.3 is 9.52 Å². The second-order valence-corrected chi connectivity index (χ2v) is 5.46. The SMILES string of the molecule is CCN(CC)Cc1c(O)ccc2cc(-c3ncccn3)c(=O)oc12.